The first kappa shape index (κ1) is 30.0. The normalized spacial score (nSPS) is 17.2. The van der Waals surface area contributed by atoms with Gasteiger partial charge in [-0.25, -0.2) is 9.59 Å². The van der Waals surface area contributed by atoms with Crippen molar-refractivity contribution < 1.29 is 23.9 Å². The van der Waals surface area contributed by atoms with Crippen LogP contribution >= 0.6 is 15.9 Å². The lowest BCUT2D eigenvalue weighted by Crippen LogP contribution is -2.48. The Hall–Kier alpha value is -4.09. The van der Waals surface area contributed by atoms with E-state index in [1.165, 1.54) is 0 Å². The molecular formula is C33H36BrN5O5. The largest absolute Gasteiger partial charge is 0.444 e. The molecular weight excluding hydrogens is 626 g/mol. The fourth-order valence-corrected chi connectivity index (χ4v) is 6.38. The van der Waals surface area contributed by atoms with Gasteiger partial charge in [0.1, 0.15) is 17.0 Å². The fraction of sp³-hybridized carbons (Fsp3) is 0.364. The van der Waals surface area contributed by atoms with E-state index in [4.69, 9.17) is 9.47 Å². The lowest BCUT2D eigenvalue weighted by Gasteiger charge is -2.31. The van der Waals surface area contributed by atoms with Gasteiger partial charge in [-0.05, 0) is 63.0 Å². The van der Waals surface area contributed by atoms with E-state index in [1.54, 1.807) is 48.8 Å². The van der Waals surface area contributed by atoms with Crippen molar-refractivity contribution >= 4 is 67.1 Å². The van der Waals surface area contributed by atoms with Crippen molar-refractivity contribution in [1.82, 2.24) is 14.8 Å². The number of H-pyrrole nitrogens is 1. The zero-order chi connectivity index (χ0) is 31.2. The summed E-state index contributed by atoms with van der Waals surface area (Å²) in [5.74, 6) is 0.292. The highest BCUT2D eigenvalue weighted by Gasteiger charge is 2.36. The number of carbonyl (C=O) groups excluding carboxylic acids is 3. The van der Waals surface area contributed by atoms with E-state index >= 15 is 0 Å². The predicted molar refractivity (Wildman–Crippen MR) is 175 cm³/mol. The molecule has 3 amide bonds. The Morgan fingerprint density at radius 2 is 1.73 bits per heavy atom. The number of likely N-dealkylation sites (N-methyl/N-ethyl adjacent to an activating group) is 1. The van der Waals surface area contributed by atoms with Crippen LogP contribution in [0.1, 0.15) is 42.7 Å². The van der Waals surface area contributed by atoms with Crippen LogP contribution in [0.2, 0.25) is 0 Å². The minimum absolute atomic E-state index is 0.0512. The second-order valence-electron chi connectivity index (χ2n) is 12.4. The number of piperazine rings is 1. The Labute approximate surface area is 264 Å². The molecule has 2 N–H and O–H groups in total. The number of amides is 3. The van der Waals surface area contributed by atoms with Crippen LogP contribution in [0.15, 0.2) is 54.6 Å². The molecule has 2 aliphatic heterocycles. The number of carbonyl (C=O) groups is 3. The second kappa shape index (κ2) is 11.8. The number of anilines is 2. The quantitative estimate of drug-likeness (QED) is 0.240. The Morgan fingerprint density at radius 3 is 2.43 bits per heavy atom. The number of hydrogen-bond donors (Lipinski definition) is 2. The van der Waals surface area contributed by atoms with E-state index in [0.717, 1.165) is 46.0 Å². The third-order valence-electron chi connectivity index (χ3n) is 8.02. The molecule has 0 aliphatic carbocycles. The molecule has 44 heavy (non-hydrogen) atoms. The molecule has 11 heteroatoms. The SMILES string of the molecule is CN1CCN(C(=O)Oc2cc3c(c4ccccc24)[C@H](CBr)CN3C(=O)c2cc3cc(NC(=O)OC(C)(C)C)ccc3[nH]2)CC1. The number of hydrogen-bond acceptors (Lipinski definition) is 6. The number of benzene rings is 3. The maximum absolute atomic E-state index is 14.1. The second-order valence-corrected chi connectivity index (χ2v) is 13.0. The molecule has 1 atom stereocenters. The zero-order valence-corrected chi connectivity index (χ0v) is 26.9. The van der Waals surface area contributed by atoms with Gasteiger partial charge in [0.25, 0.3) is 5.91 Å². The highest BCUT2D eigenvalue weighted by atomic mass is 79.9. The molecule has 10 nitrogen and oxygen atoms in total. The van der Waals surface area contributed by atoms with Crippen LogP contribution < -0.4 is 15.0 Å². The Bertz CT molecular complexity index is 1750. The van der Waals surface area contributed by atoms with Gasteiger partial charge in [-0.15, -0.1) is 0 Å². The van der Waals surface area contributed by atoms with Crippen LogP contribution in [0.3, 0.4) is 0 Å². The molecule has 6 rings (SSSR count). The Morgan fingerprint density at radius 1 is 1.00 bits per heavy atom. The minimum atomic E-state index is -0.616. The molecule has 3 heterocycles. The van der Waals surface area contributed by atoms with Gasteiger partial charge >= 0.3 is 12.2 Å². The molecule has 0 bridgehead atoms. The van der Waals surface area contributed by atoms with Crippen LogP contribution in [-0.4, -0.2) is 83.6 Å². The number of fused-ring (bicyclic) bond motifs is 4. The molecule has 4 aromatic rings. The first-order valence-electron chi connectivity index (χ1n) is 14.7. The molecule has 0 saturated carbocycles. The summed E-state index contributed by atoms with van der Waals surface area (Å²) in [6, 6.07) is 16.9. The van der Waals surface area contributed by atoms with Crippen LogP contribution in [0.4, 0.5) is 21.0 Å². The number of nitrogens with one attached hydrogen (secondary N) is 2. The highest BCUT2D eigenvalue weighted by molar-refractivity contribution is 9.09. The number of aromatic amines is 1. The van der Waals surface area contributed by atoms with Crippen molar-refractivity contribution in [3.63, 3.8) is 0 Å². The molecule has 1 saturated heterocycles. The third kappa shape index (κ3) is 5.98. The van der Waals surface area contributed by atoms with Gasteiger partial charge in [-0.2, -0.15) is 0 Å². The maximum atomic E-state index is 14.1. The molecule has 0 unspecified atom stereocenters. The summed E-state index contributed by atoms with van der Waals surface area (Å²) < 4.78 is 11.4. The Kier molecular flexibility index (Phi) is 8.02. The number of rotatable bonds is 4. The molecule has 1 fully saturated rings. The van der Waals surface area contributed by atoms with Crippen LogP contribution in [0.25, 0.3) is 21.7 Å². The van der Waals surface area contributed by atoms with Crippen LogP contribution in [0, 0.1) is 0 Å². The topological polar surface area (TPSA) is 107 Å². The third-order valence-corrected chi connectivity index (χ3v) is 8.80. The van der Waals surface area contributed by atoms with Crippen molar-refractivity contribution in [2.75, 3.05) is 55.3 Å². The van der Waals surface area contributed by atoms with Gasteiger partial charge in [0.15, 0.2) is 0 Å². The minimum Gasteiger partial charge on any atom is -0.444 e. The average molecular weight is 663 g/mol. The first-order valence-corrected chi connectivity index (χ1v) is 15.8. The van der Waals surface area contributed by atoms with Crippen LogP contribution in [-0.2, 0) is 4.74 Å². The monoisotopic (exact) mass is 661 g/mol. The molecule has 0 radical (unpaired) electrons. The van der Waals surface area contributed by atoms with Gasteiger partial charge in [-0.3, -0.25) is 10.1 Å². The summed E-state index contributed by atoms with van der Waals surface area (Å²) in [5.41, 5.74) is 2.90. The fourth-order valence-electron chi connectivity index (χ4n) is 5.86. The van der Waals surface area contributed by atoms with E-state index in [-0.39, 0.29) is 17.9 Å². The molecule has 1 aromatic heterocycles. The summed E-state index contributed by atoms with van der Waals surface area (Å²) in [6.07, 6.45) is -0.933. The molecule has 0 spiro atoms. The van der Waals surface area contributed by atoms with E-state index in [2.05, 4.69) is 31.1 Å². The van der Waals surface area contributed by atoms with E-state index in [1.807, 2.05) is 43.4 Å². The lowest BCUT2D eigenvalue weighted by molar-refractivity contribution is 0.0635. The van der Waals surface area contributed by atoms with Crippen LogP contribution in [0.5, 0.6) is 5.75 Å². The van der Waals surface area contributed by atoms with Gasteiger partial charge in [0.2, 0.25) is 0 Å². The molecule has 230 valence electrons. The molecule has 3 aromatic carbocycles. The van der Waals surface area contributed by atoms with Gasteiger partial charge < -0.3 is 29.2 Å². The van der Waals surface area contributed by atoms with E-state index in [9.17, 15) is 14.4 Å². The summed E-state index contributed by atoms with van der Waals surface area (Å²) in [7, 11) is 2.04. The summed E-state index contributed by atoms with van der Waals surface area (Å²) in [4.78, 5) is 48.5. The Balaban J connectivity index is 1.31. The van der Waals surface area contributed by atoms with Gasteiger partial charge in [-0.1, -0.05) is 40.2 Å². The van der Waals surface area contributed by atoms with E-state index < -0.39 is 11.7 Å². The van der Waals surface area contributed by atoms with Gasteiger partial charge in [0.05, 0.1) is 5.69 Å². The van der Waals surface area contributed by atoms with E-state index in [0.29, 0.717) is 42.1 Å². The van der Waals surface area contributed by atoms with Crippen molar-refractivity contribution in [1.29, 1.82) is 0 Å². The number of ether oxygens (including phenoxy) is 2. The average Bonchev–Trinajstić information content (AvgIpc) is 3.57. The lowest BCUT2D eigenvalue weighted by atomic mass is 9.95. The maximum Gasteiger partial charge on any atom is 0.415 e. The van der Waals surface area contributed by atoms with Crippen molar-refractivity contribution in [2.24, 2.45) is 0 Å². The van der Waals surface area contributed by atoms with Gasteiger partial charge in [0, 0.05) is 72.0 Å². The first-order chi connectivity index (χ1) is 21.0. The highest BCUT2D eigenvalue weighted by Crippen LogP contribution is 2.46. The predicted octanol–water partition coefficient (Wildman–Crippen LogP) is 6.55. The summed E-state index contributed by atoms with van der Waals surface area (Å²) in [6.45, 7) is 8.67. The molecule has 2 aliphatic rings. The van der Waals surface area contributed by atoms with Crippen molar-refractivity contribution in [3.05, 3.63) is 65.9 Å². The standard InChI is InChI=1S/C33H36BrN5O5/c1-33(2,3)44-31(41)35-22-9-10-25-20(15-22)16-26(36-25)30(40)39-19-21(18-34)29-24-8-6-5-7-23(24)28(17-27(29)39)43-32(42)38-13-11-37(4)12-14-38/h5-10,15-17,21,36H,11-14,18-19H2,1-4H3,(H,35,41)/t21-/m1/s1. The number of aromatic nitrogens is 1. The van der Waals surface area contributed by atoms with Crippen molar-refractivity contribution in [2.45, 2.75) is 32.3 Å². The summed E-state index contributed by atoms with van der Waals surface area (Å²) in [5, 5.41) is 5.99. The zero-order valence-electron chi connectivity index (χ0n) is 25.3. The smallest absolute Gasteiger partial charge is 0.415 e. The summed E-state index contributed by atoms with van der Waals surface area (Å²) >= 11 is 3.67. The number of halogens is 1. The number of alkyl halides is 1. The number of nitrogens with zero attached hydrogens (tertiary/aromatic N) is 3. The van der Waals surface area contributed by atoms with Crippen molar-refractivity contribution in [3.8, 4) is 5.75 Å².